The quantitative estimate of drug-likeness (QED) is 0.774. The maximum atomic E-state index is 10.8. The van der Waals surface area contributed by atoms with Crippen molar-refractivity contribution in [1.29, 1.82) is 0 Å². The van der Waals surface area contributed by atoms with Crippen LogP contribution in [0.5, 0.6) is 0 Å². The molecule has 0 aliphatic heterocycles. The minimum absolute atomic E-state index is 0.0513. The SMILES string of the molecule is Cc1nccn1CCCNc1cccc(C(=O)O)n1. The van der Waals surface area contributed by atoms with Gasteiger partial charge in [0, 0.05) is 25.5 Å². The number of anilines is 1. The average Bonchev–Trinajstić information content (AvgIpc) is 2.81. The summed E-state index contributed by atoms with van der Waals surface area (Å²) in [6.45, 7) is 3.57. The summed E-state index contributed by atoms with van der Waals surface area (Å²) >= 11 is 0. The fourth-order valence-electron chi connectivity index (χ4n) is 1.76. The molecule has 100 valence electrons. The van der Waals surface area contributed by atoms with Crippen LogP contribution in [-0.4, -0.2) is 32.2 Å². The van der Waals surface area contributed by atoms with Gasteiger partial charge in [0.05, 0.1) is 0 Å². The van der Waals surface area contributed by atoms with Crippen LogP contribution in [0, 0.1) is 6.92 Å². The third-order valence-electron chi connectivity index (χ3n) is 2.77. The third-order valence-corrected chi connectivity index (χ3v) is 2.77. The highest BCUT2D eigenvalue weighted by Gasteiger charge is 2.04. The van der Waals surface area contributed by atoms with Gasteiger partial charge >= 0.3 is 5.97 Å². The van der Waals surface area contributed by atoms with E-state index in [0.29, 0.717) is 5.82 Å². The van der Waals surface area contributed by atoms with E-state index in [-0.39, 0.29) is 5.69 Å². The van der Waals surface area contributed by atoms with Crippen LogP contribution in [-0.2, 0) is 6.54 Å². The van der Waals surface area contributed by atoms with E-state index in [9.17, 15) is 4.79 Å². The second-order valence-corrected chi connectivity index (χ2v) is 4.16. The van der Waals surface area contributed by atoms with Crippen molar-refractivity contribution >= 4 is 11.8 Å². The number of pyridine rings is 1. The van der Waals surface area contributed by atoms with Crippen molar-refractivity contribution in [1.82, 2.24) is 14.5 Å². The Bertz CT molecular complexity index is 565. The number of aromatic nitrogens is 3. The molecule has 0 saturated heterocycles. The van der Waals surface area contributed by atoms with E-state index in [2.05, 4.69) is 19.9 Å². The van der Waals surface area contributed by atoms with Gasteiger partial charge in [-0.3, -0.25) is 0 Å². The number of rotatable bonds is 6. The summed E-state index contributed by atoms with van der Waals surface area (Å²) < 4.78 is 2.07. The lowest BCUT2D eigenvalue weighted by atomic mass is 10.3. The van der Waals surface area contributed by atoms with Crippen molar-refractivity contribution in [3.63, 3.8) is 0 Å². The highest BCUT2D eigenvalue weighted by Crippen LogP contribution is 2.05. The van der Waals surface area contributed by atoms with Gasteiger partial charge < -0.3 is 15.0 Å². The number of nitrogens with zero attached hydrogens (tertiary/aromatic N) is 3. The van der Waals surface area contributed by atoms with Gasteiger partial charge in [0.1, 0.15) is 11.6 Å². The molecule has 0 saturated carbocycles. The Morgan fingerprint density at radius 2 is 2.32 bits per heavy atom. The number of aryl methyl sites for hydroxylation is 2. The summed E-state index contributed by atoms with van der Waals surface area (Å²) in [6, 6.07) is 4.91. The second-order valence-electron chi connectivity index (χ2n) is 4.16. The van der Waals surface area contributed by atoms with Crippen molar-refractivity contribution in [2.75, 3.05) is 11.9 Å². The summed E-state index contributed by atoms with van der Waals surface area (Å²) in [5.74, 6) is 0.561. The number of carboxylic acid groups (broad SMARTS) is 1. The number of carbonyl (C=O) groups is 1. The van der Waals surface area contributed by atoms with E-state index < -0.39 is 5.97 Å². The van der Waals surface area contributed by atoms with Crippen LogP contribution in [0.1, 0.15) is 22.7 Å². The molecule has 6 nitrogen and oxygen atoms in total. The van der Waals surface area contributed by atoms with Gasteiger partial charge in [-0.25, -0.2) is 14.8 Å². The highest BCUT2D eigenvalue weighted by molar-refractivity contribution is 5.85. The minimum Gasteiger partial charge on any atom is -0.477 e. The molecule has 2 N–H and O–H groups in total. The summed E-state index contributed by atoms with van der Waals surface area (Å²) in [5.41, 5.74) is 0.0513. The molecular weight excluding hydrogens is 244 g/mol. The fourth-order valence-corrected chi connectivity index (χ4v) is 1.76. The summed E-state index contributed by atoms with van der Waals surface area (Å²) in [5, 5.41) is 11.9. The van der Waals surface area contributed by atoms with Gasteiger partial charge in [-0.2, -0.15) is 0 Å². The lowest BCUT2D eigenvalue weighted by molar-refractivity contribution is 0.0690. The first-order valence-electron chi connectivity index (χ1n) is 6.09. The molecule has 2 aromatic rings. The normalized spacial score (nSPS) is 10.4. The second kappa shape index (κ2) is 5.99. The molecule has 0 fully saturated rings. The third kappa shape index (κ3) is 3.54. The van der Waals surface area contributed by atoms with Gasteiger partial charge in [-0.15, -0.1) is 0 Å². The van der Waals surface area contributed by atoms with Crippen molar-refractivity contribution in [2.45, 2.75) is 19.9 Å². The van der Waals surface area contributed by atoms with Crippen LogP contribution >= 0.6 is 0 Å². The van der Waals surface area contributed by atoms with Crippen molar-refractivity contribution in [3.05, 3.63) is 42.1 Å². The van der Waals surface area contributed by atoms with Crippen molar-refractivity contribution in [3.8, 4) is 0 Å². The zero-order chi connectivity index (χ0) is 13.7. The molecular formula is C13H16N4O2. The Morgan fingerprint density at radius 1 is 1.47 bits per heavy atom. The number of imidazole rings is 1. The minimum atomic E-state index is -1.02. The van der Waals surface area contributed by atoms with Gasteiger partial charge in [0.2, 0.25) is 0 Å². The first kappa shape index (κ1) is 13.1. The number of aromatic carboxylic acids is 1. The Labute approximate surface area is 111 Å². The lowest BCUT2D eigenvalue weighted by Crippen LogP contribution is -2.09. The summed E-state index contributed by atoms with van der Waals surface area (Å²) in [7, 11) is 0. The maximum Gasteiger partial charge on any atom is 0.354 e. The predicted molar refractivity (Wildman–Crippen MR) is 71.3 cm³/mol. The van der Waals surface area contributed by atoms with Crippen LogP contribution in [0.25, 0.3) is 0 Å². The number of hydrogen-bond acceptors (Lipinski definition) is 4. The van der Waals surface area contributed by atoms with E-state index in [1.807, 2.05) is 13.1 Å². The molecule has 0 aromatic carbocycles. The van der Waals surface area contributed by atoms with Gasteiger partial charge in [0.25, 0.3) is 0 Å². The first-order chi connectivity index (χ1) is 9.16. The Hall–Kier alpha value is -2.37. The molecule has 0 aliphatic carbocycles. The number of carboxylic acids is 1. The van der Waals surface area contributed by atoms with Crippen molar-refractivity contribution in [2.24, 2.45) is 0 Å². The first-order valence-corrected chi connectivity index (χ1v) is 6.09. The average molecular weight is 260 g/mol. The van der Waals surface area contributed by atoms with Crippen molar-refractivity contribution < 1.29 is 9.90 Å². The molecule has 0 radical (unpaired) electrons. The Balaban J connectivity index is 1.81. The molecule has 6 heteroatoms. The van der Waals surface area contributed by atoms with Crippen LogP contribution < -0.4 is 5.32 Å². The lowest BCUT2D eigenvalue weighted by Gasteiger charge is -2.07. The van der Waals surface area contributed by atoms with E-state index in [1.165, 1.54) is 6.07 Å². The molecule has 0 atom stereocenters. The van der Waals surface area contributed by atoms with Crippen LogP contribution in [0.2, 0.25) is 0 Å². The molecule has 19 heavy (non-hydrogen) atoms. The molecule has 2 aromatic heterocycles. The van der Waals surface area contributed by atoms with Gasteiger partial charge in [-0.05, 0) is 25.5 Å². The monoisotopic (exact) mass is 260 g/mol. The zero-order valence-corrected chi connectivity index (χ0v) is 10.7. The molecule has 0 amide bonds. The topological polar surface area (TPSA) is 80.0 Å². The Kier molecular flexibility index (Phi) is 4.12. The van der Waals surface area contributed by atoms with Gasteiger partial charge in [-0.1, -0.05) is 6.07 Å². The molecule has 0 unspecified atom stereocenters. The summed E-state index contributed by atoms with van der Waals surface area (Å²) in [6.07, 6.45) is 4.63. The van der Waals surface area contributed by atoms with E-state index in [4.69, 9.17) is 5.11 Å². The van der Waals surface area contributed by atoms with Gasteiger partial charge in [0.15, 0.2) is 5.69 Å². The number of nitrogens with one attached hydrogen (secondary N) is 1. The fraction of sp³-hybridized carbons (Fsp3) is 0.308. The molecule has 0 spiro atoms. The molecule has 0 aliphatic rings. The molecule has 0 bridgehead atoms. The Morgan fingerprint density at radius 3 is 3.00 bits per heavy atom. The van der Waals surface area contributed by atoms with E-state index in [1.54, 1.807) is 18.3 Å². The highest BCUT2D eigenvalue weighted by atomic mass is 16.4. The van der Waals surface area contributed by atoms with E-state index >= 15 is 0 Å². The van der Waals surface area contributed by atoms with Crippen LogP contribution in [0.3, 0.4) is 0 Å². The number of hydrogen-bond donors (Lipinski definition) is 2. The smallest absolute Gasteiger partial charge is 0.354 e. The zero-order valence-electron chi connectivity index (χ0n) is 10.7. The molecule has 2 rings (SSSR count). The molecule has 2 heterocycles. The summed E-state index contributed by atoms with van der Waals surface area (Å²) in [4.78, 5) is 18.9. The van der Waals surface area contributed by atoms with Crippen LogP contribution in [0.4, 0.5) is 5.82 Å². The van der Waals surface area contributed by atoms with Crippen LogP contribution in [0.15, 0.2) is 30.6 Å². The standard InChI is InChI=1S/C13H16N4O2/c1-10-14-7-9-17(10)8-3-6-15-12-5-2-4-11(16-12)13(18)19/h2,4-5,7,9H,3,6,8H2,1H3,(H,15,16)(H,18,19). The largest absolute Gasteiger partial charge is 0.477 e. The van der Waals surface area contributed by atoms with E-state index in [0.717, 1.165) is 25.3 Å². The maximum absolute atomic E-state index is 10.8. The predicted octanol–water partition coefficient (Wildman–Crippen LogP) is 1.79.